The minimum Gasteiger partial charge on any atom is -0.394 e. The van der Waals surface area contributed by atoms with Crippen LogP contribution in [0.5, 0.6) is 0 Å². The highest BCUT2D eigenvalue weighted by Gasteiger charge is 1.99. The standard InChI is InChI=1S/C9H16FN.C7H16.C3H8.C2H4/c1-4-8(6-10)9(5-2)7-11-3;1-3-5-7-6-4-2;1-3-2;1-2/h6-7,11H,4-5H2,1-3H3;3-7H2,1-2H3;3H2,1-2H3;1-2H2/b8-6+,9-7+;;;. The van der Waals surface area contributed by atoms with Crippen LogP contribution >= 0.6 is 0 Å². The van der Waals surface area contributed by atoms with Crippen molar-refractivity contribution in [1.29, 1.82) is 0 Å². The lowest BCUT2D eigenvalue weighted by Gasteiger charge is -2.05. The van der Waals surface area contributed by atoms with Gasteiger partial charge in [0.05, 0.1) is 6.33 Å². The molecule has 140 valence electrons. The second kappa shape index (κ2) is 32.8. The molecule has 0 saturated carbocycles. The Balaban J connectivity index is -0.000000129. The summed E-state index contributed by atoms with van der Waals surface area (Å²) in [6, 6.07) is 0. The predicted molar refractivity (Wildman–Crippen MR) is 109 cm³/mol. The largest absolute Gasteiger partial charge is 0.394 e. The van der Waals surface area contributed by atoms with Crippen LogP contribution in [0.25, 0.3) is 0 Å². The number of unbranched alkanes of at least 4 members (excludes halogenated alkanes) is 4. The van der Waals surface area contributed by atoms with Gasteiger partial charge in [-0.15, -0.1) is 13.2 Å². The maximum Gasteiger partial charge on any atom is 0.0902 e. The van der Waals surface area contributed by atoms with Gasteiger partial charge < -0.3 is 5.32 Å². The summed E-state index contributed by atoms with van der Waals surface area (Å²) in [6.07, 6.45) is 12.4. The Kier molecular flexibility index (Phi) is 42.6. The van der Waals surface area contributed by atoms with E-state index >= 15 is 0 Å². The molecule has 0 atom stereocenters. The summed E-state index contributed by atoms with van der Waals surface area (Å²) in [4.78, 5) is 0. The van der Waals surface area contributed by atoms with Crippen LogP contribution in [-0.4, -0.2) is 7.05 Å². The third-order valence-corrected chi connectivity index (χ3v) is 2.83. The fraction of sp³-hybridized carbons (Fsp3) is 0.714. The first-order chi connectivity index (χ1) is 11.1. The van der Waals surface area contributed by atoms with Crippen LogP contribution in [0.2, 0.25) is 0 Å². The van der Waals surface area contributed by atoms with Gasteiger partial charge in [-0.25, -0.2) is 4.39 Å². The van der Waals surface area contributed by atoms with Crippen molar-refractivity contribution in [1.82, 2.24) is 5.32 Å². The van der Waals surface area contributed by atoms with E-state index < -0.39 is 0 Å². The van der Waals surface area contributed by atoms with E-state index in [1.165, 1.54) is 38.5 Å². The molecule has 0 spiro atoms. The minimum absolute atomic E-state index is 0.687. The summed E-state index contributed by atoms with van der Waals surface area (Å²) in [5.74, 6) is 0. The van der Waals surface area contributed by atoms with Crippen molar-refractivity contribution in [2.45, 2.75) is 92.9 Å². The molecule has 0 amide bonds. The molecule has 0 aromatic heterocycles. The van der Waals surface area contributed by atoms with E-state index in [2.05, 4.69) is 46.2 Å². The van der Waals surface area contributed by atoms with Gasteiger partial charge in [-0.1, -0.05) is 80.1 Å². The Hall–Kier alpha value is -1.05. The summed E-state index contributed by atoms with van der Waals surface area (Å²) in [6.45, 7) is 18.7. The summed E-state index contributed by atoms with van der Waals surface area (Å²) < 4.78 is 12.2. The number of nitrogens with one attached hydrogen (secondary N) is 1. The molecule has 0 fully saturated rings. The van der Waals surface area contributed by atoms with Gasteiger partial charge in [-0.2, -0.15) is 0 Å². The lowest BCUT2D eigenvalue weighted by Crippen LogP contribution is -1.97. The van der Waals surface area contributed by atoms with Crippen LogP contribution in [-0.2, 0) is 0 Å². The predicted octanol–water partition coefficient (Wildman–Crippen LogP) is 7.96. The molecule has 0 unspecified atom stereocenters. The molecular weight excluding hydrogens is 285 g/mol. The van der Waals surface area contributed by atoms with Crippen molar-refractivity contribution in [2.24, 2.45) is 0 Å². The zero-order chi connectivity index (χ0) is 18.9. The molecule has 1 nitrogen and oxygen atoms in total. The Morgan fingerprint density at radius 3 is 1.43 bits per heavy atom. The molecule has 0 heterocycles. The highest BCUT2D eigenvalue weighted by molar-refractivity contribution is 5.28. The zero-order valence-corrected chi connectivity index (χ0v) is 17.1. The van der Waals surface area contributed by atoms with E-state index in [4.69, 9.17) is 0 Å². The molecule has 2 heteroatoms. The zero-order valence-electron chi connectivity index (χ0n) is 17.1. The topological polar surface area (TPSA) is 12.0 Å². The number of rotatable bonds is 8. The van der Waals surface area contributed by atoms with Gasteiger partial charge in [-0.3, -0.25) is 0 Å². The quantitative estimate of drug-likeness (QED) is 0.270. The molecule has 1 N–H and O–H groups in total. The highest BCUT2D eigenvalue weighted by atomic mass is 19.1. The van der Waals surface area contributed by atoms with E-state index in [1.807, 2.05) is 27.1 Å². The molecule has 0 bridgehead atoms. The first kappa shape index (κ1) is 29.9. The number of hydrogen-bond donors (Lipinski definition) is 1. The Morgan fingerprint density at radius 1 is 0.826 bits per heavy atom. The SMILES string of the molecule is C=C.CCC.CCC(=C\F)/C(=C/NC)CC.CCCCCCC. The van der Waals surface area contributed by atoms with Crippen molar-refractivity contribution in [2.75, 3.05) is 7.05 Å². The van der Waals surface area contributed by atoms with Gasteiger partial charge in [0, 0.05) is 7.05 Å². The van der Waals surface area contributed by atoms with E-state index in [-0.39, 0.29) is 0 Å². The van der Waals surface area contributed by atoms with Crippen molar-refractivity contribution in [3.8, 4) is 0 Å². The van der Waals surface area contributed by atoms with Gasteiger partial charge >= 0.3 is 0 Å². The number of halogens is 1. The summed E-state index contributed by atoms with van der Waals surface area (Å²) >= 11 is 0. The average Bonchev–Trinajstić information content (AvgIpc) is 2.58. The molecular formula is C21H44FN. The fourth-order valence-corrected chi connectivity index (χ4v) is 1.65. The van der Waals surface area contributed by atoms with Crippen LogP contribution in [0.4, 0.5) is 4.39 Å². The molecule has 0 aliphatic rings. The van der Waals surface area contributed by atoms with Gasteiger partial charge in [-0.05, 0) is 30.2 Å². The van der Waals surface area contributed by atoms with Gasteiger partial charge in [0.1, 0.15) is 0 Å². The van der Waals surface area contributed by atoms with Gasteiger partial charge in [0.15, 0.2) is 0 Å². The summed E-state index contributed by atoms with van der Waals surface area (Å²) in [5.41, 5.74) is 1.82. The van der Waals surface area contributed by atoms with Gasteiger partial charge in [0.2, 0.25) is 0 Å². The van der Waals surface area contributed by atoms with E-state index in [1.54, 1.807) is 0 Å². The van der Waals surface area contributed by atoms with E-state index in [0.29, 0.717) is 6.33 Å². The Morgan fingerprint density at radius 2 is 1.22 bits per heavy atom. The third kappa shape index (κ3) is 29.6. The van der Waals surface area contributed by atoms with Crippen LogP contribution < -0.4 is 5.32 Å². The first-order valence-corrected chi connectivity index (χ1v) is 9.28. The van der Waals surface area contributed by atoms with Crippen LogP contribution in [0.15, 0.2) is 36.8 Å². The molecule has 23 heavy (non-hydrogen) atoms. The highest BCUT2D eigenvalue weighted by Crippen LogP contribution is 2.16. The lowest BCUT2D eigenvalue weighted by molar-refractivity contribution is 0.656. The number of hydrogen-bond acceptors (Lipinski definition) is 1. The Bertz CT molecular complexity index is 240. The van der Waals surface area contributed by atoms with Gasteiger partial charge in [0.25, 0.3) is 0 Å². The molecule has 0 aromatic carbocycles. The number of allylic oxidation sites excluding steroid dienone is 2. The fourth-order valence-electron chi connectivity index (χ4n) is 1.65. The van der Waals surface area contributed by atoms with E-state index in [0.717, 1.165) is 24.0 Å². The molecule has 0 aliphatic carbocycles. The monoisotopic (exact) mass is 329 g/mol. The smallest absolute Gasteiger partial charge is 0.0902 e. The molecule has 0 rings (SSSR count). The second-order valence-corrected chi connectivity index (χ2v) is 5.07. The maximum atomic E-state index is 12.2. The van der Waals surface area contributed by atoms with Crippen molar-refractivity contribution in [3.63, 3.8) is 0 Å². The maximum absolute atomic E-state index is 12.2. The lowest BCUT2D eigenvalue weighted by atomic mass is 10.0. The average molecular weight is 330 g/mol. The molecule has 0 saturated heterocycles. The van der Waals surface area contributed by atoms with Crippen molar-refractivity contribution < 1.29 is 4.39 Å². The molecule has 0 aromatic rings. The van der Waals surface area contributed by atoms with Crippen molar-refractivity contribution in [3.05, 3.63) is 36.8 Å². The van der Waals surface area contributed by atoms with Crippen LogP contribution in [0.1, 0.15) is 92.9 Å². The van der Waals surface area contributed by atoms with Crippen LogP contribution in [0, 0.1) is 0 Å². The normalized spacial score (nSPS) is 10.3. The first-order valence-electron chi connectivity index (χ1n) is 9.28. The second-order valence-electron chi connectivity index (χ2n) is 5.07. The summed E-state index contributed by atoms with van der Waals surface area (Å²) in [7, 11) is 1.82. The molecule has 0 aliphatic heterocycles. The summed E-state index contributed by atoms with van der Waals surface area (Å²) in [5, 5.41) is 2.90. The molecule has 0 radical (unpaired) electrons. The minimum atomic E-state index is 0.687. The van der Waals surface area contributed by atoms with Crippen molar-refractivity contribution >= 4 is 0 Å². The van der Waals surface area contributed by atoms with Crippen LogP contribution in [0.3, 0.4) is 0 Å². The Labute approximate surface area is 147 Å². The third-order valence-electron chi connectivity index (χ3n) is 2.83. The van der Waals surface area contributed by atoms with E-state index in [9.17, 15) is 4.39 Å².